The van der Waals surface area contributed by atoms with Gasteiger partial charge in [0.15, 0.2) is 5.82 Å². The number of piperazine rings is 1. The lowest BCUT2D eigenvalue weighted by molar-refractivity contribution is 0.0740. The molecule has 0 bridgehead atoms. The van der Waals surface area contributed by atoms with E-state index in [1.54, 1.807) is 30.2 Å². The molecule has 2 aromatic heterocycles. The Labute approximate surface area is 196 Å². The van der Waals surface area contributed by atoms with Gasteiger partial charge in [0.2, 0.25) is 0 Å². The summed E-state index contributed by atoms with van der Waals surface area (Å²) in [6, 6.07) is 19.3. The number of aromatic amines is 1. The van der Waals surface area contributed by atoms with Crippen molar-refractivity contribution in [2.75, 3.05) is 38.2 Å². The van der Waals surface area contributed by atoms with Crippen LogP contribution in [0.1, 0.15) is 10.5 Å². The van der Waals surface area contributed by atoms with Crippen molar-refractivity contribution in [1.29, 1.82) is 0 Å². The molecule has 0 atom stereocenters. The number of carbonyl (C=O) groups excluding carboxylic acids is 1. The van der Waals surface area contributed by atoms with Crippen molar-refractivity contribution in [3.8, 4) is 28.3 Å². The molecular weight excluding hydrogens is 435 g/mol. The Morgan fingerprint density at radius 3 is 2.21 bits per heavy atom. The average Bonchev–Trinajstić information content (AvgIpc) is 3.39. The zero-order chi connectivity index (χ0) is 23.5. The van der Waals surface area contributed by atoms with E-state index in [1.165, 1.54) is 12.1 Å². The van der Waals surface area contributed by atoms with Crippen molar-refractivity contribution in [2.24, 2.45) is 0 Å². The van der Waals surface area contributed by atoms with E-state index in [-0.39, 0.29) is 11.7 Å². The number of H-pyrrole nitrogens is 1. The third-order valence-electron chi connectivity index (χ3n) is 5.88. The van der Waals surface area contributed by atoms with Crippen LogP contribution in [0.2, 0.25) is 0 Å². The first-order valence-electron chi connectivity index (χ1n) is 10.9. The van der Waals surface area contributed by atoms with Crippen LogP contribution in [0.15, 0.2) is 66.7 Å². The molecular formula is C25H23FN6O2. The van der Waals surface area contributed by atoms with Crippen LogP contribution in [0.5, 0.6) is 5.75 Å². The van der Waals surface area contributed by atoms with Gasteiger partial charge in [-0.15, -0.1) is 10.2 Å². The molecule has 0 unspecified atom stereocenters. The van der Waals surface area contributed by atoms with Gasteiger partial charge in [-0.1, -0.05) is 0 Å². The van der Waals surface area contributed by atoms with Crippen molar-refractivity contribution >= 4 is 11.7 Å². The second kappa shape index (κ2) is 9.30. The number of nitrogens with zero attached hydrogens (tertiary/aromatic N) is 5. The molecule has 1 amide bonds. The zero-order valence-corrected chi connectivity index (χ0v) is 18.6. The highest BCUT2D eigenvalue weighted by atomic mass is 19.1. The molecule has 1 fully saturated rings. The fourth-order valence-electron chi connectivity index (χ4n) is 3.92. The molecule has 1 aliphatic heterocycles. The number of methoxy groups -OCH3 is 1. The fraction of sp³-hybridized carbons (Fsp3) is 0.200. The molecule has 5 rings (SSSR count). The van der Waals surface area contributed by atoms with E-state index in [4.69, 9.17) is 4.74 Å². The molecule has 3 heterocycles. The van der Waals surface area contributed by atoms with Gasteiger partial charge in [-0.25, -0.2) is 4.39 Å². The van der Waals surface area contributed by atoms with Gasteiger partial charge >= 0.3 is 0 Å². The highest BCUT2D eigenvalue weighted by Crippen LogP contribution is 2.23. The van der Waals surface area contributed by atoms with E-state index in [0.717, 1.165) is 28.4 Å². The first kappa shape index (κ1) is 21.6. The number of hydrogen-bond donors (Lipinski definition) is 1. The van der Waals surface area contributed by atoms with Gasteiger partial charge in [0, 0.05) is 37.3 Å². The van der Waals surface area contributed by atoms with E-state index >= 15 is 0 Å². The summed E-state index contributed by atoms with van der Waals surface area (Å²) in [7, 11) is 1.64. The van der Waals surface area contributed by atoms with Crippen molar-refractivity contribution < 1.29 is 13.9 Å². The van der Waals surface area contributed by atoms with Crippen LogP contribution in [-0.4, -0.2) is 64.5 Å². The zero-order valence-electron chi connectivity index (χ0n) is 18.6. The number of hydrogen-bond acceptors (Lipinski definition) is 6. The van der Waals surface area contributed by atoms with E-state index in [1.807, 2.05) is 36.4 Å². The summed E-state index contributed by atoms with van der Waals surface area (Å²) in [6.07, 6.45) is 0. The quantitative estimate of drug-likeness (QED) is 0.491. The van der Waals surface area contributed by atoms with Gasteiger partial charge < -0.3 is 14.5 Å². The van der Waals surface area contributed by atoms with E-state index in [2.05, 4.69) is 25.3 Å². The van der Waals surface area contributed by atoms with Gasteiger partial charge in [0.05, 0.1) is 18.5 Å². The number of nitrogens with one attached hydrogen (secondary N) is 1. The number of anilines is 1. The molecule has 1 saturated heterocycles. The minimum Gasteiger partial charge on any atom is -0.497 e. The van der Waals surface area contributed by atoms with E-state index in [0.29, 0.717) is 37.6 Å². The number of benzene rings is 2. The van der Waals surface area contributed by atoms with E-state index < -0.39 is 0 Å². The third-order valence-corrected chi connectivity index (χ3v) is 5.88. The Hall–Kier alpha value is -4.27. The Morgan fingerprint density at radius 1 is 0.882 bits per heavy atom. The van der Waals surface area contributed by atoms with Crippen molar-refractivity contribution in [3.63, 3.8) is 0 Å². The van der Waals surface area contributed by atoms with Crippen LogP contribution < -0.4 is 9.64 Å². The van der Waals surface area contributed by atoms with Crippen LogP contribution in [0.25, 0.3) is 22.5 Å². The van der Waals surface area contributed by atoms with Gasteiger partial charge in [-0.2, -0.15) is 5.10 Å². The molecule has 0 saturated carbocycles. The van der Waals surface area contributed by atoms with Crippen LogP contribution in [0, 0.1) is 5.82 Å². The second-order valence-corrected chi connectivity index (χ2v) is 7.96. The van der Waals surface area contributed by atoms with Gasteiger partial charge in [0.1, 0.15) is 17.3 Å². The molecule has 1 N–H and O–H groups in total. The molecule has 1 aliphatic rings. The van der Waals surface area contributed by atoms with Crippen LogP contribution >= 0.6 is 0 Å². The van der Waals surface area contributed by atoms with Crippen molar-refractivity contribution in [2.45, 2.75) is 0 Å². The Kier molecular flexibility index (Phi) is 5.90. The minimum atomic E-state index is -0.312. The molecule has 9 heteroatoms. The first-order chi connectivity index (χ1) is 16.6. The number of ether oxygens (including phenoxy) is 1. The lowest BCUT2D eigenvalue weighted by Crippen LogP contribution is -2.49. The lowest BCUT2D eigenvalue weighted by atomic mass is 10.1. The lowest BCUT2D eigenvalue weighted by Gasteiger charge is -2.34. The van der Waals surface area contributed by atoms with Crippen molar-refractivity contribution in [1.82, 2.24) is 25.3 Å². The first-order valence-corrected chi connectivity index (χ1v) is 10.9. The SMILES string of the molecule is COc1ccc(-c2ccc(N3CCN(C(=O)c4cc(-c5ccc(F)cc5)n[nH]4)CC3)nn2)cc1. The average molecular weight is 458 g/mol. The van der Waals surface area contributed by atoms with E-state index in [9.17, 15) is 9.18 Å². The summed E-state index contributed by atoms with van der Waals surface area (Å²) in [5.74, 6) is 1.15. The molecule has 2 aromatic carbocycles. The summed E-state index contributed by atoms with van der Waals surface area (Å²) >= 11 is 0. The number of amides is 1. The highest BCUT2D eigenvalue weighted by molar-refractivity contribution is 5.93. The number of halogens is 1. The van der Waals surface area contributed by atoms with Crippen LogP contribution in [0.3, 0.4) is 0 Å². The summed E-state index contributed by atoms with van der Waals surface area (Å²) in [5, 5.41) is 15.8. The molecule has 0 aliphatic carbocycles. The third kappa shape index (κ3) is 4.45. The summed E-state index contributed by atoms with van der Waals surface area (Å²) in [6.45, 7) is 2.43. The fourth-order valence-corrected chi connectivity index (χ4v) is 3.92. The number of aromatic nitrogens is 4. The second-order valence-electron chi connectivity index (χ2n) is 7.96. The number of carbonyl (C=O) groups is 1. The van der Waals surface area contributed by atoms with Gasteiger partial charge in [0.25, 0.3) is 5.91 Å². The summed E-state index contributed by atoms with van der Waals surface area (Å²) in [4.78, 5) is 16.8. The Balaban J connectivity index is 1.20. The normalized spacial score (nSPS) is 13.7. The van der Waals surface area contributed by atoms with Gasteiger partial charge in [-0.3, -0.25) is 9.89 Å². The maximum Gasteiger partial charge on any atom is 0.272 e. The Bertz CT molecular complexity index is 1260. The van der Waals surface area contributed by atoms with Gasteiger partial charge in [-0.05, 0) is 66.7 Å². The molecule has 172 valence electrons. The maximum absolute atomic E-state index is 13.2. The molecule has 0 spiro atoms. The van der Waals surface area contributed by atoms with Crippen LogP contribution in [0.4, 0.5) is 10.2 Å². The summed E-state index contributed by atoms with van der Waals surface area (Å²) in [5.41, 5.74) is 3.52. The predicted octanol–water partition coefficient (Wildman–Crippen LogP) is 3.64. The maximum atomic E-state index is 13.2. The Morgan fingerprint density at radius 2 is 1.56 bits per heavy atom. The highest BCUT2D eigenvalue weighted by Gasteiger charge is 2.24. The smallest absolute Gasteiger partial charge is 0.272 e. The largest absolute Gasteiger partial charge is 0.497 e. The van der Waals surface area contributed by atoms with Crippen molar-refractivity contribution in [3.05, 3.63) is 78.2 Å². The minimum absolute atomic E-state index is 0.110. The topological polar surface area (TPSA) is 87.2 Å². The van der Waals surface area contributed by atoms with Crippen LogP contribution in [-0.2, 0) is 0 Å². The monoisotopic (exact) mass is 458 g/mol. The molecule has 34 heavy (non-hydrogen) atoms. The number of rotatable bonds is 5. The molecule has 4 aromatic rings. The standard InChI is InChI=1S/C25H23FN6O2/c1-34-20-8-4-17(5-9-20)21-10-11-24(30-27-21)31-12-14-32(15-13-31)25(33)23-16-22(28-29-23)18-2-6-19(26)7-3-18/h2-11,16H,12-15H2,1H3,(H,28,29). The predicted molar refractivity (Wildman–Crippen MR) is 126 cm³/mol. The molecule has 8 nitrogen and oxygen atoms in total. The summed E-state index contributed by atoms with van der Waals surface area (Å²) < 4.78 is 18.3. The molecule has 0 radical (unpaired) electrons.